The van der Waals surface area contributed by atoms with E-state index in [9.17, 15) is 4.79 Å². The molecule has 5 heteroatoms. The Morgan fingerprint density at radius 1 is 0.861 bits per heavy atom. The lowest BCUT2D eigenvalue weighted by Gasteiger charge is -2.31. The fourth-order valence-corrected chi connectivity index (χ4v) is 5.30. The van der Waals surface area contributed by atoms with Gasteiger partial charge in [-0.25, -0.2) is 0 Å². The van der Waals surface area contributed by atoms with Gasteiger partial charge < -0.3 is 20.1 Å². The van der Waals surface area contributed by atoms with E-state index < -0.39 is 0 Å². The first-order valence-corrected chi connectivity index (χ1v) is 12.5. The standard InChI is InChI=1S/C31H34N2O3/c1-31(2,3)21-12-10-19(11-13-21)30-29-26(32-24-8-6-7-9-25(24)33-30)16-20(17-27(29)34)23-18-22(35-4)14-15-28(23)36-5/h6-15,18,20,30,32-33H,16-17H2,1-5H3. The molecule has 0 fully saturated rings. The average molecular weight is 483 g/mol. The van der Waals surface area contributed by atoms with Gasteiger partial charge in [-0.2, -0.15) is 0 Å². The second kappa shape index (κ2) is 9.38. The predicted octanol–water partition coefficient (Wildman–Crippen LogP) is 6.98. The molecule has 5 nitrogen and oxygen atoms in total. The van der Waals surface area contributed by atoms with Crippen molar-refractivity contribution in [1.82, 2.24) is 0 Å². The Morgan fingerprint density at radius 2 is 1.58 bits per heavy atom. The first-order chi connectivity index (χ1) is 17.3. The number of carbonyl (C=O) groups is 1. The number of para-hydroxylation sites is 2. The van der Waals surface area contributed by atoms with Crippen molar-refractivity contribution >= 4 is 17.2 Å². The smallest absolute Gasteiger partial charge is 0.163 e. The Morgan fingerprint density at radius 3 is 2.25 bits per heavy atom. The van der Waals surface area contributed by atoms with E-state index in [1.54, 1.807) is 14.2 Å². The van der Waals surface area contributed by atoms with Crippen LogP contribution in [0, 0.1) is 0 Å². The number of hydrogen-bond donors (Lipinski definition) is 2. The number of benzene rings is 3. The van der Waals surface area contributed by atoms with Crippen LogP contribution >= 0.6 is 0 Å². The third kappa shape index (κ3) is 4.46. The lowest BCUT2D eigenvalue weighted by atomic mass is 9.78. The number of nitrogens with one attached hydrogen (secondary N) is 2. The largest absolute Gasteiger partial charge is 0.497 e. The van der Waals surface area contributed by atoms with Crippen molar-refractivity contribution in [2.75, 3.05) is 24.9 Å². The van der Waals surface area contributed by atoms with Gasteiger partial charge in [0.1, 0.15) is 11.5 Å². The van der Waals surface area contributed by atoms with E-state index in [1.165, 1.54) is 5.56 Å². The van der Waals surface area contributed by atoms with E-state index in [0.717, 1.165) is 45.3 Å². The molecule has 0 bridgehead atoms. The van der Waals surface area contributed by atoms with Crippen molar-refractivity contribution in [3.8, 4) is 11.5 Å². The van der Waals surface area contributed by atoms with Gasteiger partial charge in [-0.3, -0.25) is 4.79 Å². The van der Waals surface area contributed by atoms with Crippen LogP contribution in [-0.2, 0) is 10.2 Å². The molecular formula is C31H34N2O3. The van der Waals surface area contributed by atoms with Crippen LogP contribution in [0.1, 0.15) is 62.3 Å². The third-order valence-electron chi connectivity index (χ3n) is 7.30. The van der Waals surface area contributed by atoms with Gasteiger partial charge in [-0.15, -0.1) is 0 Å². The quantitative estimate of drug-likeness (QED) is 0.420. The summed E-state index contributed by atoms with van der Waals surface area (Å²) in [6, 6.07) is 22.4. The molecule has 0 aromatic heterocycles. The van der Waals surface area contributed by atoms with Gasteiger partial charge in [0.25, 0.3) is 0 Å². The molecule has 0 radical (unpaired) electrons. The van der Waals surface area contributed by atoms with Crippen LogP contribution in [0.25, 0.3) is 0 Å². The summed E-state index contributed by atoms with van der Waals surface area (Å²) in [5.41, 5.74) is 7.15. The topological polar surface area (TPSA) is 59.6 Å². The first-order valence-electron chi connectivity index (χ1n) is 12.5. The van der Waals surface area contributed by atoms with Crippen LogP contribution < -0.4 is 20.1 Å². The highest BCUT2D eigenvalue weighted by atomic mass is 16.5. The molecule has 1 heterocycles. The second-order valence-electron chi connectivity index (χ2n) is 10.6. The number of ketones is 1. The van der Waals surface area contributed by atoms with Crippen molar-refractivity contribution in [2.24, 2.45) is 0 Å². The van der Waals surface area contributed by atoms with Gasteiger partial charge in [-0.05, 0) is 53.3 Å². The Balaban J connectivity index is 1.59. The van der Waals surface area contributed by atoms with Crippen molar-refractivity contribution in [3.05, 3.63) is 94.7 Å². The van der Waals surface area contributed by atoms with Crippen molar-refractivity contribution in [3.63, 3.8) is 0 Å². The Labute approximate surface area is 213 Å². The number of rotatable bonds is 4. The number of carbonyl (C=O) groups excluding carboxylic acids is 1. The summed E-state index contributed by atoms with van der Waals surface area (Å²) in [5.74, 6) is 1.67. The molecule has 0 amide bonds. The minimum atomic E-state index is -0.231. The molecule has 1 aliphatic heterocycles. The number of fused-ring (bicyclic) bond motifs is 1. The van der Waals surface area contributed by atoms with Crippen LogP contribution in [0.4, 0.5) is 11.4 Å². The summed E-state index contributed by atoms with van der Waals surface area (Å²) >= 11 is 0. The van der Waals surface area contributed by atoms with E-state index in [4.69, 9.17) is 9.47 Å². The van der Waals surface area contributed by atoms with Gasteiger partial charge in [0.05, 0.1) is 31.6 Å². The fourth-order valence-electron chi connectivity index (χ4n) is 5.30. The second-order valence-corrected chi connectivity index (χ2v) is 10.6. The average Bonchev–Trinajstić information content (AvgIpc) is 3.04. The molecule has 2 aliphatic rings. The van der Waals surface area contributed by atoms with E-state index >= 15 is 0 Å². The summed E-state index contributed by atoms with van der Waals surface area (Å²) in [7, 11) is 3.32. The van der Waals surface area contributed by atoms with E-state index in [1.807, 2.05) is 30.3 Å². The lowest BCUT2D eigenvalue weighted by Crippen LogP contribution is -2.27. The maximum atomic E-state index is 13.9. The van der Waals surface area contributed by atoms with Crippen molar-refractivity contribution < 1.29 is 14.3 Å². The van der Waals surface area contributed by atoms with Gasteiger partial charge in [0, 0.05) is 29.2 Å². The molecular weight excluding hydrogens is 448 g/mol. The first kappa shape index (κ1) is 24.0. The lowest BCUT2D eigenvalue weighted by molar-refractivity contribution is -0.116. The molecule has 3 aromatic carbocycles. The van der Waals surface area contributed by atoms with E-state index in [0.29, 0.717) is 12.8 Å². The zero-order valence-electron chi connectivity index (χ0n) is 21.6. The molecule has 5 rings (SSSR count). The molecule has 2 atom stereocenters. The maximum Gasteiger partial charge on any atom is 0.163 e. The third-order valence-corrected chi connectivity index (χ3v) is 7.30. The highest BCUT2D eigenvalue weighted by molar-refractivity contribution is 6.01. The summed E-state index contributed by atoms with van der Waals surface area (Å²) in [5, 5.41) is 7.29. The summed E-state index contributed by atoms with van der Waals surface area (Å²) in [6.45, 7) is 6.64. The maximum absolute atomic E-state index is 13.9. The molecule has 1 aliphatic carbocycles. The SMILES string of the molecule is COc1ccc(OC)c(C2CC(=O)C3=C(C2)Nc2ccccc2NC3c2ccc(C(C)(C)C)cc2)c1. The summed E-state index contributed by atoms with van der Waals surface area (Å²) in [4.78, 5) is 13.9. The van der Waals surface area contributed by atoms with Gasteiger partial charge in [0.15, 0.2) is 5.78 Å². The number of methoxy groups -OCH3 is 2. The Bertz CT molecular complexity index is 1320. The molecule has 0 saturated carbocycles. The van der Waals surface area contributed by atoms with Gasteiger partial charge >= 0.3 is 0 Å². The number of allylic oxidation sites excluding steroid dienone is 1. The Hall–Kier alpha value is -3.73. The molecule has 36 heavy (non-hydrogen) atoms. The normalized spacial score (nSPS) is 19.4. The van der Waals surface area contributed by atoms with Crippen LogP contribution in [0.3, 0.4) is 0 Å². The molecule has 0 saturated heterocycles. The molecule has 3 aromatic rings. The van der Waals surface area contributed by atoms with E-state index in [-0.39, 0.29) is 23.2 Å². The number of hydrogen-bond acceptors (Lipinski definition) is 5. The van der Waals surface area contributed by atoms with Crippen LogP contribution in [0.2, 0.25) is 0 Å². The van der Waals surface area contributed by atoms with Crippen molar-refractivity contribution in [1.29, 1.82) is 0 Å². The minimum Gasteiger partial charge on any atom is -0.497 e. The summed E-state index contributed by atoms with van der Waals surface area (Å²) < 4.78 is 11.1. The van der Waals surface area contributed by atoms with Gasteiger partial charge in [-0.1, -0.05) is 57.2 Å². The highest BCUT2D eigenvalue weighted by Gasteiger charge is 2.37. The monoisotopic (exact) mass is 482 g/mol. The molecule has 2 unspecified atom stereocenters. The Kier molecular flexibility index (Phi) is 6.25. The number of ether oxygens (including phenoxy) is 2. The number of Topliss-reactive ketones (excluding diaryl/α,β-unsaturated/α-hetero) is 1. The summed E-state index contributed by atoms with van der Waals surface area (Å²) in [6.07, 6.45) is 1.12. The van der Waals surface area contributed by atoms with Gasteiger partial charge in [0.2, 0.25) is 0 Å². The van der Waals surface area contributed by atoms with Crippen LogP contribution in [0.5, 0.6) is 11.5 Å². The van der Waals surface area contributed by atoms with Crippen molar-refractivity contribution in [2.45, 2.75) is 51.0 Å². The molecule has 2 N–H and O–H groups in total. The van der Waals surface area contributed by atoms with Crippen LogP contribution in [-0.4, -0.2) is 20.0 Å². The van der Waals surface area contributed by atoms with E-state index in [2.05, 4.69) is 67.8 Å². The fraction of sp³-hybridized carbons (Fsp3) is 0.323. The zero-order chi connectivity index (χ0) is 25.4. The number of anilines is 2. The molecule has 0 spiro atoms. The molecule has 186 valence electrons. The minimum absolute atomic E-state index is 0.0111. The zero-order valence-corrected chi connectivity index (χ0v) is 21.6. The predicted molar refractivity (Wildman–Crippen MR) is 145 cm³/mol. The highest BCUT2D eigenvalue weighted by Crippen LogP contribution is 2.46. The van der Waals surface area contributed by atoms with Crippen LogP contribution in [0.15, 0.2) is 78.0 Å².